The topological polar surface area (TPSA) is 63.2 Å². The van der Waals surface area contributed by atoms with Gasteiger partial charge in [0.15, 0.2) is 0 Å². The Labute approximate surface area is 99.2 Å². The molecule has 3 nitrogen and oxygen atoms in total. The van der Waals surface area contributed by atoms with Crippen molar-refractivity contribution in [2.45, 2.75) is 46.3 Å². The van der Waals surface area contributed by atoms with Gasteiger partial charge in [-0.25, -0.2) is 0 Å². The Kier molecular flexibility index (Phi) is 13.6. The molecule has 4 heteroatoms. The summed E-state index contributed by atoms with van der Waals surface area (Å²) in [7, 11) is 0. The normalized spacial score (nSPS) is 12.4. The van der Waals surface area contributed by atoms with E-state index in [2.05, 4.69) is 0 Å². The molecule has 0 aromatic rings. The van der Waals surface area contributed by atoms with Crippen molar-refractivity contribution in [1.82, 2.24) is 0 Å². The average molecular weight is 250 g/mol. The van der Waals surface area contributed by atoms with E-state index in [0.717, 1.165) is 10.7 Å². The summed E-state index contributed by atoms with van der Waals surface area (Å²) in [5.74, 6) is 0. The zero-order chi connectivity index (χ0) is 12.3. The maximum absolute atomic E-state index is 10.1. The second-order valence-electron chi connectivity index (χ2n) is 3.48. The van der Waals surface area contributed by atoms with E-state index < -0.39 is 28.4 Å². The Morgan fingerprint density at radius 1 is 1.20 bits per heavy atom. The molecule has 15 heavy (non-hydrogen) atoms. The van der Waals surface area contributed by atoms with Gasteiger partial charge in [-0.05, 0) is 0 Å². The summed E-state index contributed by atoms with van der Waals surface area (Å²) in [6, 6.07) is 0. The molecule has 1 aliphatic rings. The monoisotopic (exact) mass is 250 g/mol. The zero-order valence-electron chi connectivity index (χ0n) is 9.77. The minimum absolute atomic E-state index is 0.417. The summed E-state index contributed by atoms with van der Waals surface area (Å²) in [6.45, 7) is 6.44. The van der Waals surface area contributed by atoms with E-state index in [9.17, 15) is 13.9 Å². The summed E-state index contributed by atoms with van der Waals surface area (Å²) in [5, 5.41) is 19.1. The van der Waals surface area contributed by atoms with Crippen LogP contribution in [0, 0.1) is 0 Å². The fourth-order valence-corrected chi connectivity index (χ4v) is 1.01. The van der Waals surface area contributed by atoms with Crippen LogP contribution in [0.5, 0.6) is 0 Å². The van der Waals surface area contributed by atoms with Crippen molar-refractivity contribution >= 4 is 0 Å². The minimum atomic E-state index is -0.727. The molecule has 0 N–H and O–H groups in total. The maximum atomic E-state index is 10.1. The first kappa shape index (κ1) is 17.2. The van der Waals surface area contributed by atoms with Crippen molar-refractivity contribution < 1.29 is 30.1 Å². The van der Waals surface area contributed by atoms with Crippen molar-refractivity contribution in [3.05, 3.63) is 22.5 Å². The first-order chi connectivity index (χ1) is 6.90. The standard InChI is InChI=1S/C5H5.2C3H7O.O.V/c1-2-4-5-3-1;2*1-3(2)4;;/h1-3H,4H2;2*3H,1-2H3;;/q;2*-1;;+2. The molecule has 0 saturated carbocycles. The van der Waals surface area contributed by atoms with E-state index in [1.807, 2.05) is 18.2 Å². The van der Waals surface area contributed by atoms with Crippen LogP contribution in [-0.4, -0.2) is 12.2 Å². The van der Waals surface area contributed by atoms with Crippen LogP contribution in [0.3, 0.4) is 0 Å². The molecular weight excluding hydrogens is 231 g/mol. The van der Waals surface area contributed by atoms with Crippen LogP contribution in [0.4, 0.5) is 0 Å². The van der Waals surface area contributed by atoms with Crippen LogP contribution in [0.25, 0.3) is 0 Å². The third kappa shape index (κ3) is 24.8. The number of rotatable bonds is 1. The van der Waals surface area contributed by atoms with E-state index in [-0.39, 0.29) is 0 Å². The van der Waals surface area contributed by atoms with Gasteiger partial charge < -0.3 is 10.2 Å². The molecule has 0 saturated heterocycles. The predicted octanol–water partition coefficient (Wildman–Crippen LogP) is 0.768. The van der Waals surface area contributed by atoms with E-state index >= 15 is 0 Å². The molecule has 0 bridgehead atoms. The van der Waals surface area contributed by atoms with Crippen LogP contribution in [-0.2, 0) is 19.9 Å². The average Bonchev–Trinajstić information content (AvgIpc) is 2.52. The molecule has 0 amide bonds. The van der Waals surface area contributed by atoms with Crippen molar-refractivity contribution in [2.24, 2.45) is 0 Å². The van der Waals surface area contributed by atoms with Crippen LogP contribution in [0.1, 0.15) is 34.1 Å². The first-order valence-electron chi connectivity index (χ1n) is 4.90. The third-order valence-corrected chi connectivity index (χ3v) is 1.75. The van der Waals surface area contributed by atoms with Crippen molar-refractivity contribution in [3.8, 4) is 0 Å². The molecule has 0 atom stereocenters. The van der Waals surface area contributed by atoms with E-state index in [1.54, 1.807) is 27.7 Å². The van der Waals surface area contributed by atoms with Gasteiger partial charge in [0, 0.05) is 0 Å². The second kappa shape index (κ2) is 11.9. The molecule has 1 rings (SSSR count). The van der Waals surface area contributed by atoms with Gasteiger partial charge >= 0.3 is 48.8 Å². The molecular formula is C11H19O3V. The third-order valence-electron chi connectivity index (χ3n) is 0.869. The number of hydrogen-bond donors (Lipinski definition) is 0. The molecule has 1 aliphatic carbocycles. The molecule has 0 spiro atoms. The SMILES string of the molecule is CC(C)[O-].CC(C)[O-].[O]=[V+2][C]1=CC=CC1. The Hall–Kier alpha value is -0.216. The summed E-state index contributed by atoms with van der Waals surface area (Å²) in [6.07, 6.45) is 5.97. The Morgan fingerprint density at radius 2 is 1.60 bits per heavy atom. The van der Waals surface area contributed by atoms with E-state index in [0.29, 0.717) is 0 Å². The van der Waals surface area contributed by atoms with Crippen LogP contribution < -0.4 is 10.2 Å². The van der Waals surface area contributed by atoms with Crippen LogP contribution >= 0.6 is 0 Å². The predicted molar refractivity (Wildman–Crippen MR) is 52.8 cm³/mol. The summed E-state index contributed by atoms with van der Waals surface area (Å²) >= 11 is -0.727. The van der Waals surface area contributed by atoms with Gasteiger partial charge in [0.25, 0.3) is 0 Å². The van der Waals surface area contributed by atoms with Gasteiger partial charge in [-0.2, -0.15) is 0 Å². The molecule has 0 unspecified atom stereocenters. The Balaban J connectivity index is 0. The van der Waals surface area contributed by atoms with Gasteiger partial charge in [0.05, 0.1) is 0 Å². The van der Waals surface area contributed by atoms with Gasteiger partial charge in [0.2, 0.25) is 0 Å². The number of allylic oxidation sites excluding steroid dienone is 4. The summed E-state index contributed by atoms with van der Waals surface area (Å²) in [5.41, 5.74) is 0. The van der Waals surface area contributed by atoms with Crippen LogP contribution in [0.2, 0.25) is 0 Å². The van der Waals surface area contributed by atoms with E-state index in [4.69, 9.17) is 0 Å². The quantitative estimate of drug-likeness (QED) is 0.690. The fraction of sp³-hybridized carbons (Fsp3) is 0.636. The summed E-state index contributed by atoms with van der Waals surface area (Å²) in [4.78, 5) is 0. The van der Waals surface area contributed by atoms with Gasteiger partial charge in [-0.3, -0.25) is 0 Å². The number of hydrogen-bond acceptors (Lipinski definition) is 3. The van der Waals surface area contributed by atoms with Crippen molar-refractivity contribution in [2.75, 3.05) is 0 Å². The fourth-order valence-electron chi connectivity index (χ4n) is 0.504. The molecule has 0 aliphatic heterocycles. The molecule has 86 valence electrons. The van der Waals surface area contributed by atoms with Gasteiger partial charge in [-0.15, -0.1) is 12.2 Å². The van der Waals surface area contributed by atoms with E-state index in [1.165, 1.54) is 0 Å². The zero-order valence-corrected chi connectivity index (χ0v) is 11.2. The van der Waals surface area contributed by atoms with Gasteiger partial charge in [0.1, 0.15) is 0 Å². The van der Waals surface area contributed by atoms with Crippen molar-refractivity contribution in [3.63, 3.8) is 0 Å². The molecule has 0 aromatic heterocycles. The van der Waals surface area contributed by atoms with Crippen LogP contribution in [0.15, 0.2) is 22.5 Å². The van der Waals surface area contributed by atoms with Crippen molar-refractivity contribution in [1.29, 1.82) is 0 Å². The molecule has 0 radical (unpaired) electrons. The molecule has 0 aromatic carbocycles. The Bertz CT molecular complexity index is 196. The van der Waals surface area contributed by atoms with Gasteiger partial charge in [-0.1, -0.05) is 27.7 Å². The summed E-state index contributed by atoms with van der Waals surface area (Å²) < 4.78 is 11.2. The molecule has 0 fully saturated rings. The second-order valence-corrected chi connectivity index (χ2v) is 4.66. The first-order valence-corrected chi connectivity index (χ1v) is 6.17. The Morgan fingerprint density at radius 3 is 1.73 bits per heavy atom. The molecule has 0 heterocycles.